The van der Waals surface area contributed by atoms with Crippen LogP contribution in [0.4, 0.5) is 0 Å². The smallest absolute Gasteiger partial charge is 0.309 e. The van der Waals surface area contributed by atoms with E-state index in [0.29, 0.717) is 24.8 Å². The highest BCUT2D eigenvalue weighted by atomic mass is 16.6. The molecule has 1 spiro atoms. The van der Waals surface area contributed by atoms with E-state index in [1.807, 2.05) is 13.8 Å². The van der Waals surface area contributed by atoms with Gasteiger partial charge in [0.2, 0.25) is 0 Å². The van der Waals surface area contributed by atoms with E-state index in [2.05, 4.69) is 13.8 Å². The first-order valence-corrected chi connectivity index (χ1v) is 12.6. The first-order chi connectivity index (χ1) is 16.4. The molecular weight excluding hydrogens is 452 g/mol. The van der Waals surface area contributed by atoms with Gasteiger partial charge in [-0.3, -0.25) is 14.4 Å². The molecule has 0 amide bonds. The standard InChI is InChI=1S/C27H34O8/c1-23(2)17(10-18(28)32-5)25(4)16-6-8-24(3)21(14-7-9-33-13-14)34-19(29)12-27(24,31)26(16)11-15(20(25)30)22(23)35-26/h7,9,13,15-17,21-22,31H,6,8,10-12H2,1-5H3/t15-,16+,17-,21-,22?,24-,25?,26-,27-/m0/s1. The number of hydrogen-bond acceptors (Lipinski definition) is 8. The Hall–Kier alpha value is -2.19. The maximum Gasteiger partial charge on any atom is 0.309 e. The molecule has 2 unspecified atom stereocenters. The lowest BCUT2D eigenvalue weighted by atomic mass is 9.37. The lowest BCUT2D eigenvalue weighted by Crippen LogP contribution is -2.76. The molecule has 9 atom stereocenters. The van der Waals surface area contributed by atoms with Gasteiger partial charge in [-0.15, -0.1) is 0 Å². The van der Waals surface area contributed by atoms with Gasteiger partial charge < -0.3 is 23.7 Å². The molecule has 3 heterocycles. The Morgan fingerprint density at radius 2 is 1.97 bits per heavy atom. The molecule has 3 aliphatic carbocycles. The fourth-order valence-corrected chi connectivity index (χ4v) is 9.38. The predicted octanol–water partition coefficient (Wildman–Crippen LogP) is 3.37. The molecule has 1 aromatic rings. The first kappa shape index (κ1) is 23.2. The number of fused-ring (bicyclic) bond motifs is 3. The number of aliphatic hydroxyl groups is 1. The van der Waals surface area contributed by atoms with Gasteiger partial charge in [-0.2, -0.15) is 0 Å². The lowest BCUT2D eigenvalue weighted by Gasteiger charge is -2.67. The summed E-state index contributed by atoms with van der Waals surface area (Å²) < 4.78 is 23.1. The van der Waals surface area contributed by atoms with E-state index in [0.717, 1.165) is 0 Å². The largest absolute Gasteiger partial charge is 0.472 e. The number of rotatable bonds is 3. The molecule has 3 bridgehead atoms. The second-order valence-corrected chi connectivity index (χ2v) is 12.5. The fourth-order valence-electron chi connectivity index (χ4n) is 9.38. The molecule has 0 aromatic carbocycles. The Balaban J connectivity index is 1.54. The van der Waals surface area contributed by atoms with Crippen molar-refractivity contribution >= 4 is 17.7 Å². The van der Waals surface area contributed by atoms with E-state index in [4.69, 9.17) is 18.6 Å². The fraction of sp³-hybridized carbons (Fsp3) is 0.741. The van der Waals surface area contributed by atoms with Crippen LogP contribution in [0, 0.1) is 34.0 Å². The van der Waals surface area contributed by atoms with E-state index < -0.39 is 51.5 Å². The maximum absolute atomic E-state index is 14.0. The summed E-state index contributed by atoms with van der Waals surface area (Å²) >= 11 is 0. The molecular formula is C27H34O8. The van der Waals surface area contributed by atoms with Gasteiger partial charge in [0.05, 0.1) is 32.2 Å². The van der Waals surface area contributed by atoms with Crippen molar-refractivity contribution in [1.29, 1.82) is 0 Å². The van der Waals surface area contributed by atoms with Crippen molar-refractivity contribution in [3.8, 4) is 0 Å². The van der Waals surface area contributed by atoms with Gasteiger partial charge in [0.15, 0.2) is 0 Å². The van der Waals surface area contributed by atoms with Gasteiger partial charge in [0, 0.05) is 34.7 Å². The third-order valence-corrected chi connectivity index (χ3v) is 11.0. The second kappa shape index (κ2) is 6.76. The Bertz CT molecular complexity index is 1110. The molecule has 1 aromatic heterocycles. The van der Waals surface area contributed by atoms with Crippen LogP contribution in [0.25, 0.3) is 0 Å². The summed E-state index contributed by atoms with van der Waals surface area (Å²) in [6, 6.07) is 1.77. The zero-order chi connectivity index (χ0) is 25.2. The number of methoxy groups -OCH3 is 1. The molecule has 5 fully saturated rings. The maximum atomic E-state index is 14.0. The quantitative estimate of drug-likeness (QED) is 0.648. The van der Waals surface area contributed by atoms with Gasteiger partial charge in [0.1, 0.15) is 23.1 Å². The Morgan fingerprint density at radius 3 is 2.63 bits per heavy atom. The highest BCUT2D eigenvalue weighted by Gasteiger charge is 2.84. The number of furan rings is 1. The molecule has 6 rings (SSSR count). The van der Waals surface area contributed by atoms with Crippen molar-refractivity contribution in [2.45, 2.75) is 83.2 Å². The average molecular weight is 487 g/mol. The van der Waals surface area contributed by atoms with Crippen LogP contribution in [0.1, 0.15) is 71.5 Å². The molecule has 190 valence electrons. The normalized spacial score (nSPS) is 49.3. The van der Waals surface area contributed by atoms with Crippen LogP contribution in [0.5, 0.6) is 0 Å². The minimum atomic E-state index is -1.55. The zero-order valence-electron chi connectivity index (χ0n) is 21.0. The molecule has 1 N–H and O–H groups in total. The third-order valence-electron chi connectivity index (χ3n) is 11.0. The Labute approximate surface area is 204 Å². The number of carbonyl (C=O) groups excluding carboxylic acids is 3. The molecule has 35 heavy (non-hydrogen) atoms. The molecule has 8 heteroatoms. The number of hydrogen-bond donors (Lipinski definition) is 1. The van der Waals surface area contributed by atoms with Crippen molar-refractivity contribution < 1.29 is 38.1 Å². The van der Waals surface area contributed by atoms with Crippen molar-refractivity contribution in [2.24, 2.45) is 34.0 Å². The highest BCUT2D eigenvalue weighted by Crippen LogP contribution is 2.77. The van der Waals surface area contributed by atoms with Crippen molar-refractivity contribution in [3.63, 3.8) is 0 Å². The number of esters is 2. The predicted molar refractivity (Wildman–Crippen MR) is 121 cm³/mol. The van der Waals surface area contributed by atoms with Crippen LogP contribution in [-0.2, 0) is 28.6 Å². The second-order valence-electron chi connectivity index (χ2n) is 12.5. The lowest BCUT2D eigenvalue weighted by molar-refractivity contribution is -0.316. The minimum absolute atomic E-state index is 0.111. The van der Waals surface area contributed by atoms with E-state index in [9.17, 15) is 19.5 Å². The number of ketones is 1. The SMILES string of the molecule is COC(=O)C[C@H]1C(C)(C)C2O[C@@]34C[C@H]2C(=O)C1(C)[C@H]3CC[C@@]1(C)[C@H](c2ccoc2)OC(=O)C[C@]14O. The number of carbonyl (C=O) groups is 3. The number of ether oxygens (including phenoxy) is 3. The summed E-state index contributed by atoms with van der Waals surface area (Å²) in [7, 11) is 1.36. The van der Waals surface area contributed by atoms with Gasteiger partial charge in [-0.05, 0) is 36.7 Å². The first-order valence-electron chi connectivity index (χ1n) is 12.6. The molecule has 8 nitrogen and oxygen atoms in total. The molecule has 2 saturated heterocycles. The highest BCUT2D eigenvalue weighted by molar-refractivity contribution is 5.92. The van der Waals surface area contributed by atoms with Gasteiger partial charge in [-0.25, -0.2) is 0 Å². The van der Waals surface area contributed by atoms with Crippen LogP contribution in [-0.4, -0.2) is 47.2 Å². The van der Waals surface area contributed by atoms with Crippen molar-refractivity contribution in [3.05, 3.63) is 24.2 Å². The van der Waals surface area contributed by atoms with Crippen LogP contribution < -0.4 is 0 Å². The van der Waals surface area contributed by atoms with Crippen LogP contribution in [0.15, 0.2) is 23.0 Å². The van der Waals surface area contributed by atoms with Gasteiger partial charge in [-0.1, -0.05) is 27.7 Å². The molecule has 2 aliphatic heterocycles. The Morgan fingerprint density at radius 1 is 1.23 bits per heavy atom. The summed E-state index contributed by atoms with van der Waals surface area (Å²) in [4.78, 5) is 39.6. The zero-order valence-corrected chi connectivity index (χ0v) is 21.0. The Kier molecular flexibility index (Phi) is 4.49. The topological polar surface area (TPSA) is 112 Å². The third kappa shape index (κ3) is 2.43. The summed E-state index contributed by atoms with van der Waals surface area (Å²) in [5.41, 5.74) is -4.18. The summed E-state index contributed by atoms with van der Waals surface area (Å²) in [5.74, 6) is -1.76. The number of cyclic esters (lactones) is 1. The van der Waals surface area contributed by atoms with E-state index in [1.165, 1.54) is 13.4 Å². The van der Waals surface area contributed by atoms with Crippen LogP contribution in [0.3, 0.4) is 0 Å². The van der Waals surface area contributed by atoms with Crippen LogP contribution in [0.2, 0.25) is 0 Å². The van der Waals surface area contributed by atoms with Gasteiger partial charge >= 0.3 is 11.9 Å². The summed E-state index contributed by atoms with van der Waals surface area (Å²) in [6.07, 6.45) is 3.39. The summed E-state index contributed by atoms with van der Waals surface area (Å²) in [6.45, 7) is 8.05. The van der Waals surface area contributed by atoms with E-state index >= 15 is 0 Å². The molecule has 3 saturated carbocycles. The minimum Gasteiger partial charge on any atom is -0.472 e. The van der Waals surface area contributed by atoms with Gasteiger partial charge in [0.25, 0.3) is 0 Å². The number of Topliss-reactive ketones (excluding diaryl/α,β-unsaturated/α-hetero) is 1. The van der Waals surface area contributed by atoms with Crippen molar-refractivity contribution in [1.82, 2.24) is 0 Å². The van der Waals surface area contributed by atoms with Crippen LogP contribution >= 0.6 is 0 Å². The van der Waals surface area contributed by atoms with E-state index in [1.54, 1.807) is 12.3 Å². The molecule has 5 aliphatic rings. The monoisotopic (exact) mass is 486 g/mol. The summed E-state index contributed by atoms with van der Waals surface area (Å²) in [5, 5.41) is 12.8. The van der Waals surface area contributed by atoms with E-state index in [-0.39, 0.29) is 36.4 Å². The average Bonchev–Trinajstić information content (AvgIpc) is 3.44. The molecule has 0 radical (unpaired) electrons. The van der Waals surface area contributed by atoms with Crippen molar-refractivity contribution in [2.75, 3.05) is 7.11 Å².